The molecular weight excluding hydrogens is 699 g/mol. The fraction of sp³-hybridized carbons (Fsp3) is 0.242. The number of carbonyl (C=O) groups excluding carboxylic acids is 5. The number of nitrogens with zero attached hydrogens (tertiary/aromatic N) is 2. The maximum Gasteiger partial charge on any atom is 1.00 e. The van der Waals surface area contributed by atoms with Crippen molar-refractivity contribution in [3.63, 3.8) is 0 Å². The Labute approximate surface area is 314 Å². The Kier molecular flexibility index (Phi) is 10.4. The molecule has 0 radical (unpaired) electrons. The van der Waals surface area contributed by atoms with Crippen LogP contribution in [0.5, 0.6) is 11.5 Å². The van der Waals surface area contributed by atoms with E-state index in [2.05, 4.69) is 15.4 Å². The molecule has 3 aromatic carbocycles. The number of aliphatic carboxylic acids is 1. The first-order chi connectivity index (χ1) is 23.7. The van der Waals surface area contributed by atoms with E-state index in [1.165, 1.54) is 40.9 Å². The summed E-state index contributed by atoms with van der Waals surface area (Å²) in [6.07, 6.45) is -1.12. The zero-order valence-corrected chi connectivity index (χ0v) is 30.2. The predicted octanol–water partition coefficient (Wildman–Crippen LogP) is -2.43. The van der Waals surface area contributed by atoms with Gasteiger partial charge in [-0.05, 0) is 49.7 Å². The number of carboxylic acid groups (broad SMARTS) is 1. The minimum Gasteiger partial charge on any atom is -0.548 e. The molecule has 4 atom stereocenters. The first-order valence-corrected chi connectivity index (χ1v) is 15.8. The minimum atomic E-state index is -1.41. The number of β-lactam (4-membered cyclic amide) rings is 1. The van der Waals surface area contributed by atoms with Gasteiger partial charge >= 0.3 is 41.5 Å². The summed E-state index contributed by atoms with van der Waals surface area (Å²) in [6, 6.07) is 11.8. The van der Waals surface area contributed by atoms with Gasteiger partial charge in [-0.25, -0.2) is 14.2 Å². The molecule has 2 saturated heterocycles. The quantitative estimate of drug-likeness (QED) is 0.0744. The van der Waals surface area contributed by atoms with Gasteiger partial charge in [-0.3, -0.25) is 19.2 Å². The van der Waals surface area contributed by atoms with Crippen molar-refractivity contribution in [2.24, 2.45) is 0 Å². The standard InChI is InChI=1S/C33H28N4O12S.Na/c1-33(2)24(30(43)44)37-28(42)22(29(37)50-33)35-26(40)21(15-8-5-4-6-9-15)34-25(39)16-12-13-18(19(38)14-16)36-27(41)17-10-7-11-20(48-32(46)47-3)23(17)49-31(36)45;/h4-14,21-22,24,29,38H,1-3H3,(H,34,39)(H,35,40)(H,43,44);/q;+1/p-1/t21-,22-,24?,29?;/m1./s1. The molecule has 2 aliphatic heterocycles. The summed E-state index contributed by atoms with van der Waals surface area (Å²) in [5.74, 6) is -5.76. The van der Waals surface area contributed by atoms with Crippen LogP contribution in [-0.4, -0.2) is 73.7 Å². The van der Waals surface area contributed by atoms with E-state index in [0.717, 1.165) is 19.2 Å². The average molecular weight is 727 g/mol. The number of thioether (sulfide) groups is 1. The second-order valence-corrected chi connectivity index (χ2v) is 13.6. The number of fused-ring (bicyclic) bond motifs is 2. The number of rotatable bonds is 8. The van der Waals surface area contributed by atoms with Gasteiger partial charge < -0.3 is 44.4 Å². The van der Waals surface area contributed by atoms with Gasteiger partial charge in [0.25, 0.3) is 11.5 Å². The van der Waals surface area contributed by atoms with Crippen molar-refractivity contribution in [3.05, 3.63) is 98.8 Å². The van der Waals surface area contributed by atoms with Crippen molar-refractivity contribution in [2.75, 3.05) is 7.11 Å². The van der Waals surface area contributed by atoms with Crippen LogP contribution in [-0.2, 0) is 19.1 Å². The molecule has 258 valence electrons. The van der Waals surface area contributed by atoms with E-state index in [9.17, 15) is 43.8 Å². The van der Waals surface area contributed by atoms with Gasteiger partial charge in [0.05, 0.1) is 30.2 Å². The van der Waals surface area contributed by atoms with Gasteiger partial charge in [0, 0.05) is 10.3 Å². The molecule has 16 nitrogen and oxygen atoms in total. The summed E-state index contributed by atoms with van der Waals surface area (Å²) in [4.78, 5) is 90.9. The number of ether oxygens (including phenoxy) is 2. The van der Waals surface area contributed by atoms with Crippen LogP contribution in [0.3, 0.4) is 0 Å². The number of aromatic nitrogens is 1. The predicted molar refractivity (Wildman–Crippen MR) is 172 cm³/mol. The fourth-order valence-electron chi connectivity index (χ4n) is 5.92. The molecule has 1 aromatic heterocycles. The molecule has 0 bridgehead atoms. The Hall–Kier alpha value is -5.10. The maximum absolute atomic E-state index is 13.6. The molecule has 0 spiro atoms. The van der Waals surface area contributed by atoms with Crippen LogP contribution in [0.2, 0.25) is 0 Å². The molecule has 18 heteroatoms. The van der Waals surface area contributed by atoms with Gasteiger partial charge in [-0.15, -0.1) is 11.8 Å². The zero-order chi connectivity index (χ0) is 36.1. The summed E-state index contributed by atoms with van der Waals surface area (Å²) < 4.78 is 14.3. The molecule has 3 amide bonds. The van der Waals surface area contributed by atoms with Crippen molar-refractivity contribution in [3.8, 4) is 17.2 Å². The molecule has 2 unspecified atom stereocenters. The largest absolute Gasteiger partial charge is 1.00 e. The smallest absolute Gasteiger partial charge is 0.548 e. The second kappa shape index (κ2) is 14.3. The number of benzene rings is 3. The molecule has 4 aromatic rings. The Bertz CT molecular complexity index is 2210. The number of nitrogens with one attached hydrogen (secondary N) is 2. The topological polar surface area (TPSA) is 227 Å². The number of carboxylic acids is 1. The number of carbonyl (C=O) groups is 5. The van der Waals surface area contributed by atoms with E-state index in [1.54, 1.807) is 44.2 Å². The van der Waals surface area contributed by atoms with Gasteiger partial charge in [0.1, 0.15) is 23.2 Å². The first-order valence-electron chi connectivity index (χ1n) is 14.9. The van der Waals surface area contributed by atoms with Crippen LogP contribution >= 0.6 is 11.8 Å². The number of aromatic hydroxyl groups is 1. The molecule has 0 aliphatic carbocycles. The summed E-state index contributed by atoms with van der Waals surface area (Å²) in [7, 11) is 1.07. The number of hydrogen-bond acceptors (Lipinski definition) is 13. The van der Waals surface area contributed by atoms with Gasteiger partial charge in [-0.1, -0.05) is 36.4 Å². The van der Waals surface area contributed by atoms with Crippen LogP contribution < -0.4 is 61.3 Å². The summed E-state index contributed by atoms with van der Waals surface area (Å²) in [5, 5.41) is 27.0. The van der Waals surface area contributed by atoms with Crippen molar-refractivity contribution in [1.82, 2.24) is 20.1 Å². The second-order valence-electron chi connectivity index (χ2n) is 11.8. The van der Waals surface area contributed by atoms with Crippen LogP contribution in [0.15, 0.2) is 80.7 Å². The van der Waals surface area contributed by atoms with Crippen LogP contribution in [0.4, 0.5) is 4.79 Å². The van der Waals surface area contributed by atoms with Gasteiger partial charge in [0.2, 0.25) is 11.8 Å². The molecule has 2 aliphatic rings. The van der Waals surface area contributed by atoms with E-state index in [1.807, 2.05) is 0 Å². The van der Waals surface area contributed by atoms with Crippen molar-refractivity contribution in [1.29, 1.82) is 0 Å². The maximum atomic E-state index is 13.6. The van der Waals surface area contributed by atoms with E-state index >= 15 is 0 Å². The Balaban J connectivity index is 0.00000504. The fourth-order valence-corrected chi connectivity index (χ4v) is 7.54. The van der Waals surface area contributed by atoms with Gasteiger partial charge in [0.15, 0.2) is 11.3 Å². The third-order valence-corrected chi connectivity index (χ3v) is 9.83. The third-order valence-electron chi connectivity index (χ3n) is 8.26. The average Bonchev–Trinajstić information content (AvgIpc) is 3.34. The monoisotopic (exact) mass is 726 g/mol. The van der Waals surface area contributed by atoms with Crippen LogP contribution in [0.25, 0.3) is 16.7 Å². The first kappa shape index (κ1) is 37.2. The van der Waals surface area contributed by atoms with E-state index in [0.29, 0.717) is 10.1 Å². The summed E-state index contributed by atoms with van der Waals surface area (Å²) in [5.41, 5.74) is -1.42. The zero-order valence-electron chi connectivity index (χ0n) is 27.4. The number of amides is 3. The molecule has 3 heterocycles. The molecule has 6 rings (SSSR count). The number of hydrogen-bond donors (Lipinski definition) is 3. The Morgan fingerprint density at radius 2 is 1.73 bits per heavy atom. The van der Waals surface area contributed by atoms with Crippen molar-refractivity contribution >= 4 is 52.6 Å². The Morgan fingerprint density at radius 3 is 2.37 bits per heavy atom. The molecule has 3 N–H and O–H groups in total. The molecule has 51 heavy (non-hydrogen) atoms. The normalized spacial score (nSPS) is 19.2. The van der Waals surface area contributed by atoms with E-state index in [4.69, 9.17) is 9.15 Å². The number of para-hydroxylation sites is 1. The van der Waals surface area contributed by atoms with E-state index < -0.39 is 75.2 Å². The number of methoxy groups -OCH3 is 1. The van der Waals surface area contributed by atoms with Crippen molar-refractivity contribution < 1.29 is 77.6 Å². The minimum absolute atomic E-state index is 0. The third kappa shape index (κ3) is 6.72. The van der Waals surface area contributed by atoms with Gasteiger partial charge in [-0.2, -0.15) is 0 Å². The number of phenols is 1. The van der Waals surface area contributed by atoms with Crippen LogP contribution in [0, 0.1) is 0 Å². The molecule has 0 saturated carbocycles. The summed E-state index contributed by atoms with van der Waals surface area (Å²) in [6.45, 7) is 3.33. The Morgan fingerprint density at radius 1 is 1.02 bits per heavy atom. The number of phenolic OH excluding ortho intramolecular Hbond substituents is 1. The SMILES string of the molecule is COC(=O)Oc1cccc2c(=O)n(-c3ccc(C(=O)N[C@@H](C(=O)N[C@@H]4C(=O)N5C4SC(C)(C)C5C(=O)[O-])c4ccccc4)cc3O)c(=O)oc12.[Na+]. The van der Waals surface area contributed by atoms with Crippen LogP contribution in [0.1, 0.15) is 35.8 Å². The van der Waals surface area contributed by atoms with E-state index in [-0.39, 0.29) is 57.5 Å². The summed E-state index contributed by atoms with van der Waals surface area (Å²) >= 11 is 1.21. The molecule has 2 fully saturated rings. The van der Waals surface area contributed by atoms with Crippen molar-refractivity contribution in [2.45, 2.75) is 42.1 Å². The molecular formula is C33H27N4NaO12S.